The van der Waals surface area contributed by atoms with Crippen LogP contribution in [0.3, 0.4) is 0 Å². The van der Waals surface area contributed by atoms with Gasteiger partial charge in [0, 0.05) is 5.25 Å². The van der Waals surface area contributed by atoms with E-state index in [1.54, 1.807) is 0 Å². The highest BCUT2D eigenvalue weighted by molar-refractivity contribution is 7.99. The lowest BCUT2D eigenvalue weighted by Gasteiger charge is -2.05. The van der Waals surface area contributed by atoms with Crippen LogP contribution in [0.4, 0.5) is 0 Å². The van der Waals surface area contributed by atoms with E-state index in [9.17, 15) is 0 Å². The molecule has 0 aliphatic heterocycles. The number of thioether (sulfide) groups is 1. The van der Waals surface area contributed by atoms with Crippen molar-refractivity contribution >= 4 is 11.8 Å². The van der Waals surface area contributed by atoms with Crippen LogP contribution in [0.15, 0.2) is 24.8 Å². The summed E-state index contributed by atoms with van der Waals surface area (Å²) in [5.41, 5.74) is 0. The molecule has 0 aromatic rings. The first-order chi connectivity index (χ1) is 4.85. The molecule has 0 radical (unpaired) electrons. The Morgan fingerprint density at radius 3 is 2.70 bits per heavy atom. The summed E-state index contributed by atoms with van der Waals surface area (Å²) in [6.45, 7) is 5.84. The van der Waals surface area contributed by atoms with Gasteiger partial charge in [0.2, 0.25) is 0 Å². The quantitative estimate of drug-likeness (QED) is 0.551. The van der Waals surface area contributed by atoms with Gasteiger partial charge in [-0.15, -0.1) is 0 Å². The van der Waals surface area contributed by atoms with Crippen LogP contribution in [0.25, 0.3) is 0 Å². The second kappa shape index (κ2) is 6.94. The predicted octanol–water partition coefficient (Wildman–Crippen LogP) is 3.26. The van der Waals surface area contributed by atoms with Crippen molar-refractivity contribution in [3.05, 3.63) is 24.8 Å². The van der Waals surface area contributed by atoms with E-state index in [-0.39, 0.29) is 0 Å². The zero-order valence-electron chi connectivity index (χ0n) is 6.84. The van der Waals surface area contributed by atoms with Gasteiger partial charge in [-0.1, -0.05) is 38.2 Å². The van der Waals surface area contributed by atoms with E-state index < -0.39 is 0 Å². The monoisotopic (exact) mass is 156 g/mol. The Morgan fingerprint density at radius 1 is 1.60 bits per heavy atom. The highest BCUT2D eigenvalue weighted by Gasteiger charge is 1.97. The molecule has 0 N–H and O–H groups in total. The predicted molar refractivity (Wildman–Crippen MR) is 51.5 cm³/mol. The van der Waals surface area contributed by atoms with Gasteiger partial charge in [0.05, 0.1) is 0 Å². The molecule has 0 aliphatic rings. The lowest BCUT2D eigenvalue weighted by Crippen LogP contribution is -1.94. The molecule has 0 fully saturated rings. The molecule has 0 saturated carbocycles. The molecule has 0 unspecified atom stereocenters. The number of hydrogen-bond donors (Lipinski definition) is 0. The van der Waals surface area contributed by atoms with Crippen molar-refractivity contribution in [2.75, 3.05) is 6.26 Å². The van der Waals surface area contributed by atoms with Crippen molar-refractivity contribution in [1.82, 2.24) is 0 Å². The molecule has 58 valence electrons. The molecule has 0 spiro atoms. The summed E-state index contributed by atoms with van der Waals surface area (Å²) in [5.74, 6) is 0. The second-order valence-corrected chi connectivity index (χ2v) is 3.26. The van der Waals surface area contributed by atoms with Crippen molar-refractivity contribution in [1.29, 1.82) is 0 Å². The van der Waals surface area contributed by atoms with Crippen LogP contribution in [0.2, 0.25) is 0 Å². The van der Waals surface area contributed by atoms with Crippen molar-refractivity contribution in [3.63, 3.8) is 0 Å². The standard InChI is InChI=1S/C9H16S/c1-4-6-8-9(10-3)7-5-2/h4,6,8-9H,1,5,7H2,2-3H3/b8-6-/t9-/m1/s1. The van der Waals surface area contributed by atoms with E-state index in [0.29, 0.717) is 5.25 Å². The topological polar surface area (TPSA) is 0 Å². The molecule has 10 heavy (non-hydrogen) atoms. The Hall–Kier alpha value is -0.170. The van der Waals surface area contributed by atoms with Crippen LogP contribution in [0, 0.1) is 0 Å². The van der Waals surface area contributed by atoms with Crippen LogP contribution in [0.1, 0.15) is 19.8 Å². The van der Waals surface area contributed by atoms with Crippen LogP contribution < -0.4 is 0 Å². The van der Waals surface area contributed by atoms with Gasteiger partial charge in [0.1, 0.15) is 0 Å². The third-order valence-electron chi connectivity index (χ3n) is 1.34. The van der Waals surface area contributed by atoms with Crippen LogP contribution in [-0.4, -0.2) is 11.5 Å². The van der Waals surface area contributed by atoms with Gasteiger partial charge in [0.15, 0.2) is 0 Å². The number of allylic oxidation sites excluding steroid dienone is 2. The third-order valence-corrected chi connectivity index (χ3v) is 2.34. The normalized spacial score (nSPS) is 13.8. The SMILES string of the molecule is C=C/C=C\[C@@H](CCC)SC. The van der Waals surface area contributed by atoms with Crippen molar-refractivity contribution < 1.29 is 0 Å². The van der Waals surface area contributed by atoms with Gasteiger partial charge in [-0.3, -0.25) is 0 Å². The van der Waals surface area contributed by atoms with E-state index in [2.05, 4.69) is 25.8 Å². The van der Waals surface area contributed by atoms with E-state index >= 15 is 0 Å². The summed E-state index contributed by atoms with van der Waals surface area (Å²) >= 11 is 1.90. The van der Waals surface area contributed by atoms with Gasteiger partial charge >= 0.3 is 0 Å². The second-order valence-electron chi connectivity index (χ2n) is 2.18. The number of rotatable bonds is 5. The fraction of sp³-hybridized carbons (Fsp3) is 0.556. The highest BCUT2D eigenvalue weighted by atomic mass is 32.2. The lowest BCUT2D eigenvalue weighted by atomic mass is 10.2. The summed E-state index contributed by atoms with van der Waals surface area (Å²) in [7, 11) is 0. The molecule has 0 saturated heterocycles. The molecule has 1 heteroatoms. The lowest BCUT2D eigenvalue weighted by molar-refractivity contribution is 0.829. The maximum Gasteiger partial charge on any atom is 0.0227 e. The Kier molecular flexibility index (Phi) is 6.83. The molecular formula is C9H16S. The minimum Gasteiger partial charge on any atom is -0.158 e. The summed E-state index contributed by atoms with van der Waals surface area (Å²) in [4.78, 5) is 0. The molecule has 0 heterocycles. The van der Waals surface area contributed by atoms with Gasteiger partial charge in [0.25, 0.3) is 0 Å². The van der Waals surface area contributed by atoms with Gasteiger partial charge in [-0.2, -0.15) is 11.8 Å². The first kappa shape index (κ1) is 9.83. The molecule has 0 nitrogen and oxygen atoms in total. The maximum absolute atomic E-state index is 3.63. The van der Waals surface area contributed by atoms with E-state index in [1.165, 1.54) is 12.8 Å². The average Bonchev–Trinajstić information content (AvgIpc) is 1.98. The van der Waals surface area contributed by atoms with Gasteiger partial charge in [-0.05, 0) is 12.7 Å². The summed E-state index contributed by atoms with van der Waals surface area (Å²) < 4.78 is 0. The van der Waals surface area contributed by atoms with Crippen LogP contribution in [-0.2, 0) is 0 Å². The summed E-state index contributed by atoms with van der Waals surface area (Å²) in [6, 6.07) is 0. The van der Waals surface area contributed by atoms with Crippen molar-refractivity contribution in [2.24, 2.45) is 0 Å². The molecule has 1 atom stereocenters. The fourth-order valence-corrected chi connectivity index (χ4v) is 1.50. The zero-order chi connectivity index (χ0) is 7.82. The molecule has 0 aromatic heterocycles. The van der Waals surface area contributed by atoms with E-state index in [0.717, 1.165) is 0 Å². The Morgan fingerprint density at radius 2 is 2.30 bits per heavy atom. The fourth-order valence-electron chi connectivity index (χ4n) is 0.780. The minimum absolute atomic E-state index is 0.683. The first-order valence-electron chi connectivity index (χ1n) is 3.67. The summed E-state index contributed by atoms with van der Waals surface area (Å²) in [5, 5.41) is 0.683. The molecule has 0 rings (SSSR count). The Bertz CT molecular complexity index is 105. The molecule has 0 aliphatic carbocycles. The molecular weight excluding hydrogens is 140 g/mol. The molecule has 0 aromatic carbocycles. The van der Waals surface area contributed by atoms with Crippen LogP contribution in [0.5, 0.6) is 0 Å². The van der Waals surface area contributed by atoms with Crippen molar-refractivity contribution in [3.8, 4) is 0 Å². The number of hydrogen-bond acceptors (Lipinski definition) is 1. The van der Waals surface area contributed by atoms with Crippen LogP contribution >= 0.6 is 11.8 Å². The smallest absolute Gasteiger partial charge is 0.0227 e. The molecule has 0 amide bonds. The third kappa shape index (κ3) is 4.68. The largest absolute Gasteiger partial charge is 0.158 e. The van der Waals surface area contributed by atoms with Gasteiger partial charge in [-0.25, -0.2) is 0 Å². The Labute approximate surface area is 68.4 Å². The summed E-state index contributed by atoms with van der Waals surface area (Å²) in [6.07, 6.45) is 10.7. The maximum atomic E-state index is 3.63. The average molecular weight is 156 g/mol. The zero-order valence-corrected chi connectivity index (χ0v) is 7.66. The van der Waals surface area contributed by atoms with Gasteiger partial charge < -0.3 is 0 Å². The van der Waals surface area contributed by atoms with E-state index in [1.807, 2.05) is 23.9 Å². The Balaban J connectivity index is 3.58. The minimum atomic E-state index is 0.683. The van der Waals surface area contributed by atoms with Crippen molar-refractivity contribution in [2.45, 2.75) is 25.0 Å². The highest BCUT2D eigenvalue weighted by Crippen LogP contribution is 2.13. The molecule has 0 bridgehead atoms. The van der Waals surface area contributed by atoms with E-state index in [4.69, 9.17) is 0 Å². The first-order valence-corrected chi connectivity index (χ1v) is 4.96.